The number of benzene rings is 2. The average molecular weight is 396 g/mol. The standard InChI is InChI=1S/C21H22N4O2S/c28-21-24(15-23-12-6-7-13-23)22-20(25(21)16-8-2-1-3-9-16)19-14-26-17-10-4-5-11-18(17)27-19/h1-5,8-11,19H,6-7,12-15H2/p+1/t19-/m1/s1. The minimum Gasteiger partial charge on any atom is -0.485 e. The van der Waals surface area contributed by atoms with Gasteiger partial charge in [-0.05, 0) is 36.5 Å². The van der Waals surface area contributed by atoms with Gasteiger partial charge in [-0.2, -0.15) is 4.68 Å². The number of rotatable bonds is 4. The highest BCUT2D eigenvalue weighted by molar-refractivity contribution is 7.71. The third-order valence-electron chi connectivity index (χ3n) is 5.36. The number of quaternary nitrogens is 1. The lowest BCUT2D eigenvalue weighted by Gasteiger charge is -2.26. The van der Waals surface area contributed by atoms with Gasteiger partial charge in [0.2, 0.25) is 4.77 Å². The Morgan fingerprint density at radius 1 is 1.00 bits per heavy atom. The van der Waals surface area contributed by atoms with Crippen LogP contribution in [0.4, 0.5) is 0 Å². The molecule has 1 N–H and O–H groups in total. The number of aromatic nitrogens is 3. The van der Waals surface area contributed by atoms with E-state index >= 15 is 0 Å². The SMILES string of the molecule is S=c1n(C[NH+]2CCCC2)nc([C@H]2COc3ccccc3O2)n1-c1ccccc1. The van der Waals surface area contributed by atoms with E-state index in [0.29, 0.717) is 11.4 Å². The van der Waals surface area contributed by atoms with Crippen LogP contribution in [-0.2, 0) is 6.67 Å². The molecular weight excluding hydrogens is 372 g/mol. The maximum Gasteiger partial charge on any atom is 0.207 e. The molecule has 1 atom stereocenters. The molecule has 0 unspecified atom stereocenters. The number of hydrogen-bond acceptors (Lipinski definition) is 4. The lowest BCUT2D eigenvalue weighted by Crippen LogP contribution is -3.09. The Morgan fingerprint density at radius 2 is 1.71 bits per heavy atom. The average Bonchev–Trinajstić information content (AvgIpc) is 3.37. The Hall–Kier alpha value is -2.64. The van der Waals surface area contributed by atoms with Gasteiger partial charge in [0.1, 0.15) is 6.61 Å². The van der Waals surface area contributed by atoms with Gasteiger partial charge in [0.25, 0.3) is 0 Å². The van der Waals surface area contributed by atoms with Crippen LogP contribution >= 0.6 is 12.2 Å². The van der Waals surface area contributed by atoms with Crippen molar-refractivity contribution in [2.24, 2.45) is 0 Å². The molecular formula is C21H23N4O2S+. The fourth-order valence-electron chi connectivity index (χ4n) is 3.95. The Morgan fingerprint density at radius 3 is 2.50 bits per heavy atom. The highest BCUT2D eigenvalue weighted by Gasteiger charge is 2.29. The van der Waals surface area contributed by atoms with E-state index in [4.69, 9.17) is 26.8 Å². The van der Waals surface area contributed by atoms with E-state index < -0.39 is 0 Å². The number of fused-ring (bicyclic) bond motifs is 1. The summed E-state index contributed by atoms with van der Waals surface area (Å²) in [5, 5.41) is 4.90. The quantitative estimate of drug-likeness (QED) is 0.690. The van der Waals surface area contributed by atoms with Gasteiger partial charge >= 0.3 is 0 Å². The predicted molar refractivity (Wildman–Crippen MR) is 108 cm³/mol. The summed E-state index contributed by atoms with van der Waals surface area (Å²) >= 11 is 5.83. The fourth-order valence-corrected chi connectivity index (χ4v) is 4.25. The zero-order chi connectivity index (χ0) is 18.9. The Bertz CT molecular complexity index is 1020. The van der Waals surface area contributed by atoms with E-state index in [-0.39, 0.29) is 6.10 Å². The minimum atomic E-state index is -0.313. The normalized spacial score (nSPS) is 19.1. The topological polar surface area (TPSA) is 45.6 Å². The highest BCUT2D eigenvalue weighted by atomic mass is 32.1. The van der Waals surface area contributed by atoms with Crippen molar-refractivity contribution in [3.05, 3.63) is 65.2 Å². The molecule has 5 rings (SSSR count). The van der Waals surface area contributed by atoms with Crippen LogP contribution in [0.3, 0.4) is 0 Å². The van der Waals surface area contributed by atoms with Gasteiger partial charge in [-0.25, -0.2) is 0 Å². The number of para-hydroxylation sites is 3. The van der Waals surface area contributed by atoms with Gasteiger partial charge in [0.05, 0.1) is 13.1 Å². The number of likely N-dealkylation sites (tertiary alicyclic amines) is 1. The molecule has 144 valence electrons. The summed E-state index contributed by atoms with van der Waals surface area (Å²) in [5.74, 6) is 2.29. The van der Waals surface area contributed by atoms with Crippen LogP contribution in [-0.4, -0.2) is 34.0 Å². The minimum absolute atomic E-state index is 0.313. The number of nitrogens with one attached hydrogen (secondary N) is 1. The summed E-state index contributed by atoms with van der Waals surface area (Å²) in [6, 6.07) is 17.9. The predicted octanol–water partition coefficient (Wildman–Crippen LogP) is 2.55. The van der Waals surface area contributed by atoms with Gasteiger partial charge in [0, 0.05) is 18.5 Å². The second-order valence-corrected chi connectivity index (χ2v) is 7.66. The number of hydrogen-bond donors (Lipinski definition) is 1. The maximum absolute atomic E-state index is 6.24. The van der Waals surface area contributed by atoms with Gasteiger partial charge < -0.3 is 14.4 Å². The van der Waals surface area contributed by atoms with Crippen LogP contribution in [0.1, 0.15) is 24.8 Å². The first kappa shape index (κ1) is 17.5. The molecule has 1 fully saturated rings. The van der Waals surface area contributed by atoms with Crippen molar-refractivity contribution in [1.82, 2.24) is 14.3 Å². The van der Waals surface area contributed by atoms with Crippen molar-refractivity contribution in [3.63, 3.8) is 0 Å². The molecule has 7 heteroatoms. The lowest BCUT2D eigenvalue weighted by molar-refractivity contribution is -0.911. The molecule has 2 aliphatic heterocycles. The van der Waals surface area contributed by atoms with E-state index in [1.165, 1.54) is 30.8 Å². The third-order valence-corrected chi connectivity index (χ3v) is 5.75. The third kappa shape index (κ3) is 3.21. The Balaban J connectivity index is 1.55. The van der Waals surface area contributed by atoms with E-state index in [9.17, 15) is 0 Å². The molecule has 1 aromatic heterocycles. The molecule has 3 aromatic rings. The highest BCUT2D eigenvalue weighted by Crippen LogP contribution is 2.36. The summed E-state index contributed by atoms with van der Waals surface area (Å²) in [6.45, 7) is 3.54. The van der Waals surface area contributed by atoms with Crippen LogP contribution < -0.4 is 14.4 Å². The first-order valence-electron chi connectivity index (χ1n) is 9.77. The molecule has 0 spiro atoms. The van der Waals surface area contributed by atoms with E-state index in [2.05, 4.69) is 0 Å². The molecule has 0 aliphatic carbocycles. The van der Waals surface area contributed by atoms with Crippen molar-refractivity contribution in [3.8, 4) is 17.2 Å². The van der Waals surface area contributed by atoms with Crippen LogP contribution in [0.15, 0.2) is 54.6 Å². The molecule has 0 bridgehead atoms. The number of nitrogens with zero attached hydrogens (tertiary/aromatic N) is 3. The van der Waals surface area contributed by atoms with Crippen LogP contribution in [0.2, 0.25) is 0 Å². The Kier molecular flexibility index (Phi) is 4.62. The first-order chi connectivity index (χ1) is 13.8. The molecule has 3 heterocycles. The second kappa shape index (κ2) is 7.41. The fraction of sp³-hybridized carbons (Fsp3) is 0.333. The van der Waals surface area contributed by atoms with Crippen molar-refractivity contribution < 1.29 is 14.4 Å². The van der Waals surface area contributed by atoms with Gasteiger partial charge in [-0.1, -0.05) is 30.3 Å². The van der Waals surface area contributed by atoms with E-state index in [0.717, 1.165) is 29.7 Å². The maximum atomic E-state index is 6.24. The van der Waals surface area contributed by atoms with E-state index in [1.54, 1.807) is 0 Å². The summed E-state index contributed by atoms with van der Waals surface area (Å²) in [7, 11) is 0. The molecule has 2 aromatic carbocycles. The van der Waals surface area contributed by atoms with Crippen molar-refractivity contribution in [2.45, 2.75) is 25.6 Å². The molecule has 1 saturated heterocycles. The Labute approximate surface area is 168 Å². The van der Waals surface area contributed by atoms with E-state index in [1.807, 2.05) is 63.8 Å². The summed E-state index contributed by atoms with van der Waals surface area (Å²) in [6.07, 6.45) is 2.22. The van der Waals surface area contributed by atoms with Crippen LogP contribution in [0.25, 0.3) is 5.69 Å². The molecule has 28 heavy (non-hydrogen) atoms. The zero-order valence-electron chi connectivity index (χ0n) is 15.6. The van der Waals surface area contributed by atoms with Crippen molar-refractivity contribution in [2.75, 3.05) is 19.7 Å². The molecule has 0 radical (unpaired) electrons. The lowest BCUT2D eigenvalue weighted by atomic mass is 10.2. The van der Waals surface area contributed by atoms with Crippen molar-refractivity contribution in [1.29, 1.82) is 0 Å². The molecule has 0 amide bonds. The monoisotopic (exact) mass is 395 g/mol. The zero-order valence-corrected chi connectivity index (χ0v) is 16.4. The number of ether oxygens (including phenoxy) is 2. The van der Waals surface area contributed by atoms with Gasteiger partial charge in [0.15, 0.2) is 30.1 Å². The first-order valence-corrected chi connectivity index (χ1v) is 10.2. The van der Waals surface area contributed by atoms with Gasteiger partial charge in [-0.3, -0.25) is 4.57 Å². The van der Waals surface area contributed by atoms with Crippen LogP contribution in [0, 0.1) is 4.77 Å². The van der Waals surface area contributed by atoms with Gasteiger partial charge in [-0.15, -0.1) is 5.10 Å². The molecule has 6 nitrogen and oxygen atoms in total. The summed E-state index contributed by atoms with van der Waals surface area (Å²) in [5.41, 5.74) is 0.993. The largest absolute Gasteiger partial charge is 0.485 e. The summed E-state index contributed by atoms with van der Waals surface area (Å²) < 4.78 is 16.8. The van der Waals surface area contributed by atoms with Crippen LogP contribution in [0.5, 0.6) is 11.5 Å². The summed E-state index contributed by atoms with van der Waals surface area (Å²) in [4.78, 5) is 1.52. The smallest absolute Gasteiger partial charge is 0.207 e. The van der Waals surface area contributed by atoms with Crippen molar-refractivity contribution >= 4 is 12.2 Å². The molecule has 2 aliphatic rings. The molecule has 0 saturated carbocycles. The second-order valence-electron chi connectivity index (χ2n) is 7.29.